The van der Waals surface area contributed by atoms with Crippen molar-refractivity contribution in [2.24, 2.45) is 5.92 Å². The van der Waals surface area contributed by atoms with Crippen LogP contribution in [0.5, 0.6) is 5.75 Å². The van der Waals surface area contributed by atoms with Gasteiger partial charge in [-0.15, -0.1) is 0 Å². The molecule has 4 nitrogen and oxygen atoms in total. The summed E-state index contributed by atoms with van der Waals surface area (Å²) < 4.78 is 10.6. The molecule has 0 N–H and O–H groups in total. The van der Waals surface area contributed by atoms with Gasteiger partial charge < -0.3 is 9.47 Å². The molecule has 0 aromatic heterocycles. The molecule has 1 fully saturated rings. The highest BCUT2D eigenvalue weighted by atomic mass is 35.5. The van der Waals surface area contributed by atoms with E-state index >= 15 is 0 Å². The molecule has 0 bridgehead atoms. The number of hydrogen-bond acceptors (Lipinski definition) is 4. The number of ether oxygens (including phenoxy) is 2. The predicted molar refractivity (Wildman–Crippen MR) is 75.0 cm³/mol. The van der Waals surface area contributed by atoms with Crippen molar-refractivity contribution >= 4 is 22.8 Å². The van der Waals surface area contributed by atoms with Crippen LogP contribution in [0, 0.1) is 5.92 Å². The largest absolute Gasteiger partial charge is 0.490 e. The maximum atomic E-state index is 11.4. The van der Waals surface area contributed by atoms with Gasteiger partial charge in [-0.25, -0.2) is 0 Å². The normalized spacial score (nSPS) is 22.1. The molecule has 0 saturated heterocycles. The molecule has 1 aromatic carbocycles. The molecular formula is C15H17ClO4. The van der Waals surface area contributed by atoms with Gasteiger partial charge in [-0.05, 0) is 61.5 Å². The molecule has 0 spiro atoms. The minimum Gasteiger partial charge on any atom is -0.490 e. The Kier molecular flexibility index (Phi) is 5.01. The Balaban J connectivity index is 1.86. The summed E-state index contributed by atoms with van der Waals surface area (Å²) in [5, 5.41) is -0.477. The van der Waals surface area contributed by atoms with Gasteiger partial charge in [-0.3, -0.25) is 9.59 Å². The Morgan fingerprint density at radius 3 is 2.20 bits per heavy atom. The topological polar surface area (TPSA) is 52.6 Å². The van der Waals surface area contributed by atoms with Crippen molar-refractivity contribution in [3.8, 4) is 5.75 Å². The summed E-state index contributed by atoms with van der Waals surface area (Å²) in [6, 6.07) is 6.76. The highest BCUT2D eigenvalue weighted by Crippen LogP contribution is 2.28. The van der Waals surface area contributed by atoms with Gasteiger partial charge in [0.15, 0.2) is 0 Å². The third-order valence-electron chi connectivity index (χ3n) is 3.59. The molecule has 0 amide bonds. The number of halogens is 1. The predicted octanol–water partition coefficient (Wildman–Crippen LogP) is 3.18. The van der Waals surface area contributed by atoms with Crippen LogP contribution in [-0.4, -0.2) is 24.4 Å². The van der Waals surface area contributed by atoms with Crippen molar-refractivity contribution in [1.29, 1.82) is 0 Å². The smallest absolute Gasteiger partial charge is 0.308 e. The molecule has 108 valence electrons. The molecule has 0 radical (unpaired) electrons. The molecule has 5 heteroatoms. The van der Waals surface area contributed by atoms with Gasteiger partial charge in [0.25, 0.3) is 5.24 Å². The van der Waals surface area contributed by atoms with Crippen molar-refractivity contribution in [2.45, 2.75) is 31.8 Å². The molecule has 1 aliphatic carbocycles. The fourth-order valence-corrected chi connectivity index (χ4v) is 2.57. The fourth-order valence-electron chi connectivity index (χ4n) is 2.44. The lowest BCUT2D eigenvalue weighted by Crippen LogP contribution is -2.28. The number of methoxy groups -OCH3 is 1. The zero-order valence-corrected chi connectivity index (χ0v) is 12.1. The van der Waals surface area contributed by atoms with Gasteiger partial charge in [0.05, 0.1) is 19.1 Å². The second-order valence-corrected chi connectivity index (χ2v) is 5.26. The van der Waals surface area contributed by atoms with Crippen LogP contribution in [0.1, 0.15) is 36.0 Å². The molecule has 0 aliphatic heterocycles. The average Bonchev–Trinajstić information content (AvgIpc) is 2.48. The SMILES string of the molecule is COC(=O)C1CCC(Oc2ccc(C(=O)Cl)cc2)CC1. The number of carbonyl (C=O) groups excluding carboxylic acids is 2. The molecule has 1 aliphatic rings. The van der Waals surface area contributed by atoms with E-state index in [4.69, 9.17) is 21.1 Å². The van der Waals surface area contributed by atoms with Crippen LogP contribution in [-0.2, 0) is 9.53 Å². The summed E-state index contributed by atoms with van der Waals surface area (Å²) in [6.45, 7) is 0. The Morgan fingerprint density at radius 2 is 1.70 bits per heavy atom. The lowest BCUT2D eigenvalue weighted by atomic mass is 9.87. The van der Waals surface area contributed by atoms with Crippen LogP contribution in [0.25, 0.3) is 0 Å². The first-order valence-corrected chi connectivity index (χ1v) is 7.02. The van der Waals surface area contributed by atoms with E-state index in [1.165, 1.54) is 7.11 Å². The summed E-state index contributed by atoms with van der Waals surface area (Å²) >= 11 is 5.38. The Labute approximate surface area is 123 Å². The lowest BCUT2D eigenvalue weighted by Gasteiger charge is -2.27. The van der Waals surface area contributed by atoms with E-state index in [1.807, 2.05) is 0 Å². The van der Waals surface area contributed by atoms with E-state index in [9.17, 15) is 9.59 Å². The first-order chi connectivity index (χ1) is 9.60. The third-order valence-corrected chi connectivity index (χ3v) is 3.81. The fraction of sp³-hybridized carbons (Fsp3) is 0.467. The molecule has 0 unspecified atom stereocenters. The summed E-state index contributed by atoms with van der Waals surface area (Å²) in [5.41, 5.74) is 0.452. The molecule has 2 rings (SSSR count). The Morgan fingerprint density at radius 1 is 1.10 bits per heavy atom. The van der Waals surface area contributed by atoms with Gasteiger partial charge in [-0.1, -0.05) is 0 Å². The van der Waals surface area contributed by atoms with Crippen LogP contribution < -0.4 is 4.74 Å². The number of carbonyl (C=O) groups is 2. The van der Waals surface area contributed by atoms with E-state index in [-0.39, 0.29) is 18.0 Å². The lowest BCUT2D eigenvalue weighted by molar-refractivity contribution is -0.147. The molecule has 1 aromatic rings. The highest BCUT2D eigenvalue weighted by molar-refractivity contribution is 6.67. The van der Waals surface area contributed by atoms with Crippen LogP contribution in [0.15, 0.2) is 24.3 Å². The van der Waals surface area contributed by atoms with Gasteiger partial charge in [0.2, 0.25) is 0 Å². The maximum Gasteiger partial charge on any atom is 0.308 e. The summed E-state index contributed by atoms with van der Waals surface area (Å²) in [5.74, 6) is 0.581. The van der Waals surface area contributed by atoms with Gasteiger partial charge >= 0.3 is 5.97 Å². The number of esters is 1. The minimum absolute atomic E-state index is 0.00361. The number of rotatable bonds is 4. The minimum atomic E-state index is -0.477. The van der Waals surface area contributed by atoms with Crippen molar-refractivity contribution in [3.05, 3.63) is 29.8 Å². The van der Waals surface area contributed by atoms with Crippen LogP contribution in [0.4, 0.5) is 0 Å². The van der Waals surface area contributed by atoms with Crippen molar-refractivity contribution in [1.82, 2.24) is 0 Å². The summed E-state index contributed by atoms with van der Waals surface area (Å²) in [6.07, 6.45) is 3.34. The zero-order valence-electron chi connectivity index (χ0n) is 11.3. The Hall–Kier alpha value is -1.55. The van der Waals surface area contributed by atoms with Crippen molar-refractivity contribution in [2.75, 3.05) is 7.11 Å². The summed E-state index contributed by atoms with van der Waals surface area (Å²) in [7, 11) is 1.42. The molecule has 1 saturated carbocycles. The van der Waals surface area contributed by atoms with Crippen LogP contribution >= 0.6 is 11.6 Å². The van der Waals surface area contributed by atoms with E-state index < -0.39 is 5.24 Å². The van der Waals surface area contributed by atoms with E-state index in [1.54, 1.807) is 24.3 Å². The van der Waals surface area contributed by atoms with Crippen molar-refractivity contribution in [3.63, 3.8) is 0 Å². The maximum absolute atomic E-state index is 11.4. The number of hydrogen-bond donors (Lipinski definition) is 0. The second kappa shape index (κ2) is 6.75. The molecule has 20 heavy (non-hydrogen) atoms. The van der Waals surface area contributed by atoms with Crippen LogP contribution in [0.3, 0.4) is 0 Å². The molecule has 0 atom stereocenters. The quantitative estimate of drug-likeness (QED) is 0.632. The molecular weight excluding hydrogens is 280 g/mol. The first-order valence-electron chi connectivity index (χ1n) is 6.64. The van der Waals surface area contributed by atoms with Gasteiger partial charge in [-0.2, -0.15) is 0 Å². The third kappa shape index (κ3) is 3.73. The van der Waals surface area contributed by atoms with Crippen LogP contribution in [0.2, 0.25) is 0 Å². The van der Waals surface area contributed by atoms with Crippen molar-refractivity contribution < 1.29 is 19.1 Å². The second-order valence-electron chi connectivity index (χ2n) is 4.91. The molecule has 0 heterocycles. The van der Waals surface area contributed by atoms with E-state index in [0.717, 1.165) is 25.7 Å². The van der Waals surface area contributed by atoms with Gasteiger partial charge in [0, 0.05) is 5.56 Å². The van der Waals surface area contributed by atoms with E-state index in [0.29, 0.717) is 11.3 Å². The Bertz CT molecular complexity index is 475. The highest BCUT2D eigenvalue weighted by Gasteiger charge is 2.27. The average molecular weight is 297 g/mol. The first kappa shape index (κ1) is 14.9. The number of benzene rings is 1. The standard InChI is InChI=1S/C15H17ClO4/c1-19-15(18)11-4-8-13(9-5-11)20-12-6-2-10(3-7-12)14(16)17/h2-3,6-7,11,13H,4-5,8-9H2,1H3. The zero-order chi connectivity index (χ0) is 14.5. The monoisotopic (exact) mass is 296 g/mol. The summed E-state index contributed by atoms with van der Waals surface area (Å²) in [4.78, 5) is 22.4. The van der Waals surface area contributed by atoms with Gasteiger partial charge in [0.1, 0.15) is 5.75 Å². The van der Waals surface area contributed by atoms with E-state index in [2.05, 4.69) is 0 Å².